The van der Waals surface area contributed by atoms with Crippen molar-refractivity contribution in [1.82, 2.24) is 9.62 Å². The zero-order valence-corrected chi connectivity index (χ0v) is 14.0. The molecule has 1 N–H and O–H groups in total. The number of carbonyl (C=O) groups is 1. The van der Waals surface area contributed by atoms with Gasteiger partial charge in [-0.1, -0.05) is 15.9 Å². The second-order valence-corrected chi connectivity index (χ2v) is 7.36. The summed E-state index contributed by atoms with van der Waals surface area (Å²) in [5, 5.41) is 2.65. The minimum absolute atomic E-state index is 0.0710. The number of carbonyl (C=O) groups excluding carboxylic acids is 1. The summed E-state index contributed by atoms with van der Waals surface area (Å²) in [7, 11) is -3.72. The molecule has 1 saturated heterocycles. The second-order valence-electron chi connectivity index (χ2n) is 4.55. The first-order valence-corrected chi connectivity index (χ1v) is 8.83. The van der Waals surface area contributed by atoms with Crippen LogP contribution in [0.4, 0.5) is 0 Å². The molecule has 1 heterocycles. The molecule has 8 heteroatoms. The van der Waals surface area contributed by atoms with E-state index < -0.39 is 16.1 Å². The third kappa shape index (κ3) is 3.63. The molecule has 0 aromatic heterocycles. The number of morpholine rings is 1. The predicted octanol–water partition coefficient (Wildman–Crippen LogP) is 0.975. The summed E-state index contributed by atoms with van der Waals surface area (Å²) in [5.41, 5.74) is 0. The van der Waals surface area contributed by atoms with Crippen LogP contribution >= 0.6 is 15.9 Å². The van der Waals surface area contributed by atoms with Gasteiger partial charge in [0.25, 0.3) is 0 Å². The molecule has 0 radical (unpaired) electrons. The van der Waals surface area contributed by atoms with Gasteiger partial charge in [0, 0.05) is 17.6 Å². The van der Waals surface area contributed by atoms with Crippen molar-refractivity contribution in [2.45, 2.75) is 17.9 Å². The first-order valence-electron chi connectivity index (χ1n) is 6.59. The molecule has 1 unspecified atom stereocenters. The summed E-state index contributed by atoms with van der Waals surface area (Å²) in [6, 6.07) is 5.53. The molecule has 1 atom stereocenters. The van der Waals surface area contributed by atoms with Crippen LogP contribution in [0.15, 0.2) is 33.6 Å². The number of ether oxygens (including phenoxy) is 1. The Morgan fingerprint density at radius 1 is 1.43 bits per heavy atom. The van der Waals surface area contributed by atoms with Gasteiger partial charge < -0.3 is 10.1 Å². The fourth-order valence-corrected chi connectivity index (χ4v) is 3.94. The Morgan fingerprint density at radius 2 is 2.10 bits per heavy atom. The summed E-state index contributed by atoms with van der Waals surface area (Å²) < 4.78 is 32.6. The lowest BCUT2D eigenvalue weighted by Gasteiger charge is -2.33. The molecule has 0 saturated carbocycles. The average Bonchev–Trinajstić information content (AvgIpc) is 2.48. The van der Waals surface area contributed by atoms with Gasteiger partial charge in [0.1, 0.15) is 6.04 Å². The molecular weight excluding hydrogens is 360 g/mol. The normalized spacial score (nSPS) is 20.2. The van der Waals surface area contributed by atoms with Crippen LogP contribution in [0.25, 0.3) is 0 Å². The van der Waals surface area contributed by atoms with E-state index in [1.54, 1.807) is 19.1 Å². The highest BCUT2D eigenvalue weighted by Crippen LogP contribution is 2.22. The highest BCUT2D eigenvalue weighted by Gasteiger charge is 2.38. The maximum Gasteiger partial charge on any atom is 0.243 e. The molecule has 1 aliphatic rings. The second kappa shape index (κ2) is 6.87. The van der Waals surface area contributed by atoms with Crippen molar-refractivity contribution in [3.63, 3.8) is 0 Å². The summed E-state index contributed by atoms with van der Waals surface area (Å²) in [4.78, 5) is 12.2. The number of hydrogen-bond donors (Lipinski definition) is 1. The van der Waals surface area contributed by atoms with Gasteiger partial charge in [0.05, 0.1) is 18.1 Å². The van der Waals surface area contributed by atoms with Gasteiger partial charge in [0.15, 0.2) is 0 Å². The van der Waals surface area contributed by atoms with E-state index in [4.69, 9.17) is 4.74 Å². The summed E-state index contributed by atoms with van der Waals surface area (Å²) in [5.74, 6) is -0.335. The summed E-state index contributed by atoms with van der Waals surface area (Å²) in [6.45, 7) is 2.75. The highest BCUT2D eigenvalue weighted by molar-refractivity contribution is 9.10. The van der Waals surface area contributed by atoms with Crippen LogP contribution in [0.1, 0.15) is 6.92 Å². The zero-order chi connectivity index (χ0) is 15.5. The fraction of sp³-hybridized carbons (Fsp3) is 0.462. The standard InChI is InChI=1S/C13H17BrN2O4S/c1-2-15-13(17)12-9-20-8-7-16(12)21(18,19)11-5-3-10(14)4-6-11/h3-6,12H,2,7-9H2,1H3,(H,15,17). The summed E-state index contributed by atoms with van der Waals surface area (Å²) >= 11 is 3.27. The minimum Gasteiger partial charge on any atom is -0.378 e. The lowest BCUT2D eigenvalue weighted by atomic mass is 10.2. The van der Waals surface area contributed by atoms with E-state index >= 15 is 0 Å². The average molecular weight is 377 g/mol. The van der Waals surface area contributed by atoms with Gasteiger partial charge in [0.2, 0.25) is 15.9 Å². The zero-order valence-electron chi connectivity index (χ0n) is 11.6. The van der Waals surface area contributed by atoms with E-state index in [0.717, 1.165) is 4.47 Å². The van der Waals surface area contributed by atoms with Crippen LogP contribution in [0.2, 0.25) is 0 Å². The van der Waals surface area contributed by atoms with Crippen molar-refractivity contribution in [2.75, 3.05) is 26.3 Å². The van der Waals surface area contributed by atoms with Crippen molar-refractivity contribution >= 4 is 31.9 Å². The van der Waals surface area contributed by atoms with E-state index in [1.807, 2.05) is 0 Å². The van der Waals surface area contributed by atoms with Crippen LogP contribution in [0.5, 0.6) is 0 Å². The lowest BCUT2D eigenvalue weighted by molar-refractivity contribution is -0.129. The number of halogens is 1. The van der Waals surface area contributed by atoms with Crippen LogP contribution in [0, 0.1) is 0 Å². The van der Waals surface area contributed by atoms with E-state index in [-0.39, 0.29) is 30.6 Å². The van der Waals surface area contributed by atoms with Crippen molar-refractivity contribution < 1.29 is 17.9 Å². The Labute approximate surface area is 132 Å². The largest absolute Gasteiger partial charge is 0.378 e. The van der Waals surface area contributed by atoms with Gasteiger partial charge in [-0.2, -0.15) is 4.31 Å². The first-order chi connectivity index (χ1) is 9.96. The molecule has 2 rings (SSSR count). The van der Waals surface area contributed by atoms with Crippen molar-refractivity contribution in [2.24, 2.45) is 0 Å². The highest BCUT2D eigenvalue weighted by atomic mass is 79.9. The molecule has 116 valence electrons. The molecular formula is C13H17BrN2O4S. The molecule has 1 amide bonds. The van der Waals surface area contributed by atoms with Gasteiger partial charge in [-0.05, 0) is 31.2 Å². The monoisotopic (exact) mass is 376 g/mol. The quantitative estimate of drug-likeness (QED) is 0.849. The van der Waals surface area contributed by atoms with Gasteiger partial charge in [-0.15, -0.1) is 0 Å². The third-order valence-electron chi connectivity index (χ3n) is 3.15. The van der Waals surface area contributed by atoms with Crippen LogP contribution in [0.3, 0.4) is 0 Å². The SMILES string of the molecule is CCNC(=O)C1COCCN1S(=O)(=O)c1ccc(Br)cc1. The number of sulfonamides is 1. The molecule has 21 heavy (non-hydrogen) atoms. The lowest BCUT2D eigenvalue weighted by Crippen LogP contribution is -2.55. The van der Waals surface area contributed by atoms with Crippen molar-refractivity contribution in [1.29, 1.82) is 0 Å². The molecule has 1 aromatic rings. The summed E-state index contributed by atoms with van der Waals surface area (Å²) in [6.07, 6.45) is 0. The number of hydrogen-bond acceptors (Lipinski definition) is 4. The smallest absolute Gasteiger partial charge is 0.243 e. The third-order valence-corrected chi connectivity index (χ3v) is 5.60. The van der Waals surface area contributed by atoms with Crippen LogP contribution in [-0.2, 0) is 19.6 Å². The molecule has 1 aliphatic heterocycles. The minimum atomic E-state index is -3.72. The Morgan fingerprint density at radius 3 is 2.71 bits per heavy atom. The van der Waals surface area contributed by atoms with E-state index in [0.29, 0.717) is 6.54 Å². The Kier molecular flexibility index (Phi) is 5.37. The fourth-order valence-electron chi connectivity index (χ4n) is 2.12. The molecule has 1 aromatic carbocycles. The Balaban J connectivity index is 2.31. The maximum atomic E-state index is 12.7. The van der Waals surface area contributed by atoms with Gasteiger partial charge in [-0.3, -0.25) is 4.79 Å². The molecule has 1 fully saturated rings. The van der Waals surface area contributed by atoms with E-state index in [9.17, 15) is 13.2 Å². The van der Waals surface area contributed by atoms with Gasteiger partial charge in [-0.25, -0.2) is 8.42 Å². The first kappa shape index (κ1) is 16.4. The number of likely N-dealkylation sites (N-methyl/N-ethyl adjacent to an activating group) is 1. The van der Waals surface area contributed by atoms with Crippen molar-refractivity contribution in [3.8, 4) is 0 Å². The molecule has 6 nitrogen and oxygen atoms in total. The Bertz CT molecular complexity index is 603. The van der Waals surface area contributed by atoms with Crippen molar-refractivity contribution in [3.05, 3.63) is 28.7 Å². The molecule has 0 aliphatic carbocycles. The molecule has 0 bridgehead atoms. The predicted molar refractivity (Wildman–Crippen MR) is 81.3 cm³/mol. The Hall–Kier alpha value is -0.960. The van der Waals surface area contributed by atoms with E-state index in [1.165, 1.54) is 16.4 Å². The van der Waals surface area contributed by atoms with Gasteiger partial charge >= 0.3 is 0 Å². The number of nitrogens with one attached hydrogen (secondary N) is 1. The number of amides is 1. The van der Waals surface area contributed by atoms with Crippen LogP contribution in [-0.4, -0.2) is 51.0 Å². The maximum absolute atomic E-state index is 12.7. The van der Waals surface area contributed by atoms with Crippen LogP contribution < -0.4 is 5.32 Å². The van der Waals surface area contributed by atoms with E-state index in [2.05, 4.69) is 21.2 Å². The number of rotatable bonds is 4. The topological polar surface area (TPSA) is 75.7 Å². The molecule has 0 spiro atoms. The number of benzene rings is 1. The number of nitrogens with zero attached hydrogens (tertiary/aromatic N) is 1.